The van der Waals surface area contributed by atoms with Crippen molar-refractivity contribution in [2.75, 3.05) is 0 Å². The smallest absolute Gasteiger partial charge is 0.159 e. The lowest BCUT2D eigenvalue weighted by Crippen LogP contribution is -2.18. The van der Waals surface area contributed by atoms with Crippen molar-refractivity contribution >= 4 is 0 Å². The number of rotatable bonds is 9. The molecule has 0 spiro atoms. The molecule has 0 nitrogen and oxygen atoms in total. The van der Waals surface area contributed by atoms with Crippen molar-refractivity contribution < 1.29 is 8.78 Å². The fourth-order valence-electron chi connectivity index (χ4n) is 5.65. The van der Waals surface area contributed by atoms with Crippen LogP contribution in [-0.2, 0) is 6.42 Å². The molecule has 1 aromatic carbocycles. The molecule has 0 aliphatic heterocycles. The van der Waals surface area contributed by atoms with Crippen LogP contribution in [-0.4, -0.2) is 0 Å². The summed E-state index contributed by atoms with van der Waals surface area (Å²) in [5.41, 5.74) is 0.940. The van der Waals surface area contributed by atoms with Crippen molar-refractivity contribution in [3.8, 4) is 0 Å². The molecule has 0 radical (unpaired) electrons. The van der Waals surface area contributed by atoms with Gasteiger partial charge in [-0.1, -0.05) is 96.5 Å². The van der Waals surface area contributed by atoms with Crippen LogP contribution in [0.25, 0.3) is 0 Å². The number of aryl methyl sites for hydroxylation is 1. The number of unbranched alkanes of at least 4 members (excludes halogenated alkanes) is 1. The van der Waals surface area contributed by atoms with Gasteiger partial charge in [-0.2, -0.15) is 0 Å². The van der Waals surface area contributed by atoms with Crippen LogP contribution in [0.15, 0.2) is 18.2 Å². The van der Waals surface area contributed by atoms with Crippen LogP contribution in [0.1, 0.15) is 102 Å². The first-order valence-electron chi connectivity index (χ1n) is 12.1. The highest BCUT2D eigenvalue weighted by atomic mass is 19.2. The third kappa shape index (κ3) is 6.85. The van der Waals surface area contributed by atoms with Crippen molar-refractivity contribution in [2.24, 2.45) is 23.7 Å². The van der Waals surface area contributed by atoms with Gasteiger partial charge in [-0.05, 0) is 54.2 Å². The van der Waals surface area contributed by atoms with Crippen molar-refractivity contribution in [2.45, 2.75) is 103 Å². The van der Waals surface area contributed by atoms with Crippen LogP contribution in [0, 0.1) is 35.3 Å². The van der Waals surface area contributed by atoms with Gasteiger partial charge in [0, 0.05) is 0 Å². The Kier molecular flexibility index (Phi) is 8.80. The van der Waals surface area contributed by atoms with Crippen molar-refractivity contribution in [3.05, 3.63) is 35.4 Å². The standard InChI is InChI=1S/C26H40F2/c1-2-3-4-20-5-7-21(8-6-20)9-10-22-11-13-23(14-12-22)15-16-24-17-18-25(27)26(28)19-24/h17-23H,2-16H2,1H3/t20-,21-,22-,23-. The van der Waals surface area contributed by atoms with E-state index in [1.807, 2.05) is 0 Å². The van der Waals surface area contributed by atoms with Crippen LogP contribution >= 0.6 is 0 Å². The molecule has 0 heterocycles. The molecule has 2 heteroatoms. The SMILES string of the molecule is CCCC[C@H]1CC[C@H](CC[C@H]2CC[C@H](CCc3ccc(F)c(F)c3)CC2)CC1. The molecular formula is C26H40F2. The van der Waals surface area contributed by atoms with Gasteiger partial charge in [0.05, 0.1) is 0 Å². The van der Waals surface area contributed by atoms with E-state index in [2.05, 4.69) is 6.92 Å². The Labute approximate surface area is 171 Å². The van der Waals surface area contributed by atoms with Gasteiger partial charge in [0.1, 0.15) is 0 Å². The van der Waals surface area contributed by atoms with E-state index >= 15 is 0 Å². The zero-order chi connectivity index (χ0) is 19.8. The van der Waals surface area contributed by atoms with E-state index in [9.17, 15) is 8.78 Å². The van der Waals surface area contributed by atoms with E-state index < -0.39 is 11.6 Å². The Morgan fingerprint density at radius 1 is 0.679 bits per heavy atom. The van der Waals surface area contributed by atoms with Gasteiger partial charge in [-0.15, -0.1) is 0 Å². The van der Waals surface area contributed by atoms with Crippen LogP contribution in [0.3, 0.4) is 0 Å². The molecule has 0 bridgehead atoms. The maximum atomic E-state index is 13.3. The van der Waals surface area contributed by atoms with Gasteiger partial charge in [-0.25, -0.2) is 8.78 Å². The molecule has 2 fully saturated rings. The average molecular weight is 391 g/mol. The Morgan fingerprint density at radius 3 is 1.68 bits per heavy atom. The van der Waals surface area contributed by atoms with Crippen LogP contribution in [0.5, 0.6) is 0 Å². The minimum absolute atomic E-state index is 0.708. The molecule has 3 rings (SSSR count). The molecule has 2 aliphatic rings. The second kappa shape index (κ2) is 11.3. The maximum absolute atomic E-state index is 13.3. The van der Waals surface area contributed by atoms with Crippen LogP contribution < -0.4 is 0 Å². The lowest BCUT2D eigenvalue weighted by atomic mass is 9.74. The molecule has 2 saturated carbocycles. The zero-order valence-electron chi connectivity index (χ0n) is 17.9. The summed E-state index contributed by atoms with van der Waals surface area (Å²) < 4.78 is 26.4. The van der Waals surface area contributed by atoms with Crippen molar-refractivity contribution in [1.29, 1.82) is 0 Å². The summed E-state index contributed by atoms with van der Waals surface area (Å²) in [5.74, 6) is 2.31. The topological polar surface area (TPSA) is 0 Å². The third-order valence-electron chi connectivity index (χ3n) is 7.71. The normalized spacial score (nSPS) is 28.4. The fourth-order valence-corrected chi connectivity index (χ4v) is 5.65. The van der Waals surface area contributed by atoms with E-state index in [1.54, 1.807) is 6.07 Å². The fraction of sp³-hybridized carbons (Fsp3) is 0.769. The average Bonchev–Trinajstić information content (AvgIpc) is 2.73. The Balaban J connectivity index is 1.28. The van der Waals surface area contributed by atoms with Gasteiger partial charge < -0.3 is 0 Å². The lowest BCUT2D eigenvalue weighted by molar-refractivity contribution is 0.209. The molecule has 28 heavy (non-hydrogen) atoms. The highest BCUT2D eigenvalue weighted by molar-refractivity contribution is 5.17. The zero-order valence-corrected chi connectivity index (χ0v) is 17.9. The number of hydrogen-bond acceptors (Lipinski definition) is 0. The highest BCUT2D eigenvalue weighted by Crippen LogP contribution is 2.38. The second-order valence-corrected chi connectivity index (χ2v) is 9.78. The Hall–Kier alpha value is -0.920. The minimum Gasteiger partial charge on any atom is -0.204 e. The summed E-state index contributed by atoms with van der Waals surface area (Å²) in [7, 11) is 0. The van der Waals surface area contributed by atoms with Gasteiger partial charge in [0.25, 0.3) is 0 Å². The Morgan fingerprint density at radius 2 is 1.18 bits per heavy atom. The molecule has 0 amide bonds. The summed E-state index contributed by atoms with van der Waals surface area (Å²) in [5, 5.41) is 0. The summed E-state index contributed by atoms with van der Waals surface area (Å²) in [6, 6.07) is 4.37. The van der Waals surface area contributed by atoms with E-state index in [1.165, 1.54) is 95.6 Å². The van der Waals surface area contributed by atoms with Crippen molar-refractivity contribution in [3.63, 3.8) is 0 Å². The van der Waals surface area contributed by atoms with E-state index in [4.69, 9.17) is 0 Å². The van der Waals surface area contributed by atoms with E-state index in [0.717, 1.165) is 42.1 Å². The molecule has 0 saturated heterocycles. The predicted molar refractivity (Wildman–Crippen MR) is 114 cm³/mol. The lowest BCUT2D eigenvalue weighted by Gasteiger charge is -2.32. The number of halogens is 2. The molecule has 1 aromatic rings. The molecular weight excluding hydrogens is 350 g/mol. The maximum Gasteiger partial charge on any atom is 0.159 e. The molecule has 0 unspecified atom stereocenters. The van der Waals surface area contributed by atoms with E-state index in [0.29, 0.717) is 0 Å². The predicted octanol–water partition coefficient (Wildman–Crippen LogP) is 8.48. The minimum atomic E-state index is -0.737. The molecule has 0 aromatic heterocycles. The molecule has 2 aliphatic carbocycles. The first-order valence-corrected chi connectivity index (χ1v) is 12.1. The van der Waals surface area contributed by atoms with Gasteiger partial charge >= 0.3 is 0 Å². The first kappa shape index (κ1) is 21.8. The first-order chi connectivity index (χ1) is 13.6. The quantitative estimate of drug-likeness (QED) is 0.396. The van der Waals surface area contributed by atoms with Gasteiger partial charge in [0.2, 0.25) is 0 Å². The third-order valence-corrected chi connectivity index (χ3v) is 7.71. The largest absolute Gasteiger partial charge is 0.204 e. The molecule has 158 valence electrons. The van der Waals surface area contributed by atoms with E-state index in [-0.39, 0.29) is 0 Å². The van der Waals surface area contributed by atoms with Crippen LogP contribution in [0.2, 0.25) is 0 Å². The van der Waals surface area contributed by atoms with Crippen molar-refractivity contribution in [1.82, 2.24) is 0 Å². The monoisotopic (exact) mass is 390 g/mol. The summed E-state index contributed by atoms with van der Waals surface area (Å²) >= 11 is 0. The summed E-state index contributed by atoms with van der Waals surface area (Å²) in [6.45, 7) is 2.31. The molecule has 0 N–H and O–H groups in total. The summed E-state index contributed by atoms with van der Waals surface area (Å²) in [6.07, 6.45) is 20.5. The highest BCUT2D eigenvalue weighted by Gasteiger charge is 2.24. The summed E-state index contributed by atoms with van der Waals surface area (Å²) in [4.78, 5) is 0. The Bertz CT molecular complexity index is 566. The van der Waals surface area contributed by atoms with Gasteiger partial charge in [0.15, 0.2) is 11.6 Å². The van der Waals surface area contributed by atoms with Crippen LogP contribution in [0.4, 0.5) is 8.78 Å². The van der Waals surface area contributed by atoms with Gasteiger partial charge in [-0.3, -0.25) is 0 Å². The second-order valence-electron chi connectivity index (χ2n) is 9.78. The number of hydrogen-bond donors (Lipinski definition) is 0. The number of benzene rings is 1. The molecule has 0 atom stereocenters.